The van der Waals surface area contributed by atoms with Gasteiger partial charge in [-0.05, 0) is 0 Å². The monoisotopic (exact) mass is 321 g/mol. The normalized spacial score (nSPS) is 23.2. The molecule has 0 aromatic carbocycles. The van der Waals surface area contributed by atoms with Gasteiger partial charge in [0.1, 0.15) is 0 Å². The molecule has 0 atom stereocenters. The Balaban J connectivity index is 3.07. The third-order valence-electron chi connectivity index (χ3n) is 2.94. The summed E-state index contributed by atoms with van der Waals surface area (Å²) in [5.41, 5.74) is 0. The van der Waals surface area contributed by atoms with Gasteiger partial charge in [-0.15, -0.1) is 0 Å². The Morgan fingerprint density at radius 2 is 1.46 bits per heavy atom. The maximum absolute atomic E-state index is 2.80. The van der Waals surface area contributed by atoms with Crippen molar-refractivity contribution in [1.29, 1.82) is 0 Å². The zero-order valence-corrected chi connectivity index (χ0v) is 12.1. The van der Waals surface area contributed by atoms with Gasteiger partial charge in [0.05, 0.1) is 0 Å². The van der Waals surface area contributed by atoms with Crippen LogP contribution in [0.1, 0.15) is 13.3 Å². The van der Waals surface area contributed by atoms with Crippen LogP contribution in [0, 0.1) is 35.2 Å². The molecule has 1 aliphatic rings. The Labute approximate surface area is 77.6 Å². The summed E-state index contributed by atoms with van der Waals surface area (Å²) in [6.07, 6.45) is 10.6. The van der Waals surface area contributed by atoms with Crippen molar-refractivity contribution < 1.29 is 35.2 Å². The topological polar surface area (TPSA) is 0 Å². The third-order valence-corrected chi connectivity index (χ3v) is 18.2. The maximum atomic E-state index is 2.59. The van der Waals surface area contributed by atoms with Crippen molar-refractivity contribution >= 4 is 0 Å². The molecule has 13 heavy (non-hydrogen) atoms. The van der Waals surface area contributed by atoms with E-state index in [1.54, 1.807) is 0 Å². The Kier molecular flexibility index (Phi) is 2.83. The molecular weight excluding hydrogens is 296 g/mol. The molecule has 0 nitrogen and oxygen atoms in total. The molecule has 0 aliphatic heterocycles. The van der Waals surface area contributed by atoms with Crippen LogP contribution in [0.4, 0.5) is 0 Å². The minimum atomic E-state index is -2.80. The molecule has 0 aromatic heterocycles. The van der Waals surface area contributed by atoms with E-state index in [0.29, 0.717) is 0 Å². The summed E-state index contributed by atoms with van der Waals surface area (Å²) in [5.74, 6) is 0. The van der Waals surface area contributed by atoms with E-state index in [-0.39, 0.29) is 0 Å². The Bertz CT molecular complexity index is 248. The third kappa shape index (κ3) is 2.76. The molecular formula is C12H24Eu. The first kappa shape index (κ1) is 12.1. The molecule has 0 saturated heterocycles. The summed E-state index contributed by atoms with van der Waals surface area (Å²) in [6.45, 7) is 2.31. The quantitative estimate of drug-likeness (QED) is 0.674. The summed E-state index contributed by atoms with van der Waals surface area (Å²) < 4.78 is 12.5. The van der Waals surface area contributed by atoms with Crippen LogP contribution in [0.2, 0.25) is 6.40 Å². The van der Waals surface area contributed by atoms with Gasteiger partial charge in [-0.3, -0.25) is 0 Å². The first-order chi connectivity index (χ1) is 5.68. The molecule has 0 saturated carbocycles. The number of hydrogen-bond acceptors (Lipinski definition) is 0. The Morgan fingerprint density at radius 1 is 1.00 bits per heavy atom. The van der Waals surface area contributed by atoms with E-state index in [2.05, 4.69) is 36.5 Å². The van der Waals surface area contributed by atoms with Crippen LogP contribution in [0.3, 0.4) is 0 Å². The Hall–Kier alpha value is 1.06. The van der Waals surface area contributed by atoms with E-state index in [9.17, 15) is 0 Å². The van der Waals surface area contributed by atoms with E-state index in [1.165, 1.54) is 7.24 Å². The van der Waals surface area contributed by atoms with E-state index < -0.39 is 35.2 Å². The summed E-state index contributed by atoms with van der Waals surface area (Å²) >= 11 is -2.80. The van der Waals surface area contributed by atoms with Gasteiger partial charge >= 0.3 is 79.2 Å². The van der Waals surface area contributed by atoms with Crippen LogP contribution in [0.5, 0.6) is 0 Å². The van der Waals surface area contributed by atoms with E-state index >= 15 is 0 Å². The second-order valence-electron chi connectivity index (χ2n) is 6.27. The van der Waals surface area contributed by atoms with E-state index in [0.717, 1.165) is 0.312 Å². The van der Waals surface area contributed by atoms with Crippen LogP contribution < -0.4 is 0 Å². The van der Waals surface area contributed by atoms with E-state index in [1.807, 2.05) is 0 Å². The molecule has 0 N–H and O–H groups in total. The van der Waals surface area contributed by atoms with Crippen LogP contribution in [-0.4, -0.2) is 0 Å². The van der Waals surface area contributed by atoms with Gasteiger partial charge in [-0.25, -0.2) is 0 Å². The van der Waals surface area contributed by atoms with Gasteiger partial charge < -0.3 is 0 Å². The Morgan fingerprint density at radius 3 is 1.85 bits per heavy atom. The first-order valence-corrected chi connectivity index (χ1v) is 17.7. The van der Waals surface area contributed by atoms with Crippen molar-refractivity contribution in [2.45, 2.75) is 19.7 Å². The van der Waals surface area contributed by atoms with Crippen LogP contribution >= 0.6 is 0 Å². The molecule has 0 aromatic rings. The molecule has 0 amide bonds. The van der Waals surface area contributed by atoms with Crippen molar-refractivity contribution in [2.75, 3.05) is 0 Å². The van der Waals surface area contributed by atoms with Crippen molar-refractivity contribution in [3.63, 3.8) is 0 Å². The molecule has 1 aliphatic carbocycles. The minimum absolute atomic E-state index is 0.759. The molecule has 0 unspecified atom stereocenters. The zero-order chi connectivity index (χ0) is 10.2. The molecule has 0 radical (unpaired) electrons. The van der Waals surface area contributed by atoms with Crippen molar-refractivity contribution in [1.82, 2.24) is 0 Å². The first-order valence-electron chi connectivity index (χ1n) is 4.87. The van der Waals surface area contributed by atoms with Gasteiger partial charge in [-0.1, -0.05) is 0 Å². The summed E-state index contributed by atoms with van der Waals surface area (Å²) in [7, 11) is 0. The molecule has 79 valence electrons. The van der Waals surface area contributed by atoms with Gasteiger partial charge in [0.15, 0.2) is 0 Å². The number of rotatable bonds is 3. The molecule has 0 spiro atoms. The predicted octanol–water partition coefficient (Wildman–Crippen LogP) is 5.15. The number of hydrogen-bond donors (Lipinski definition) is 0. The standard InChI is InChI=1S/C5H5.C3H7.4CH3.Eu/c1-2-4-5-3-1;1-3-2;;;;;/h1-5H;1,3H2,2H3;4*1H3;. The molecule has 1 rings (SSSR count). The molecule has 0 bridgehead atoms. The number of allylic oxidation sites excluding steroid dienone is 4. The summed E-state index contributed by atoms with van der Waals surface area (Å²) in [6, 6.07) is 0. The van der Waals surface area contributed by atoms with Crippen LogP contribution in [0.15, 0.2) is 24.3 Å². The van der Waals surface area contributed by atoms with Gasteiger partial charge in [-0.2, -0.15) is 0 Å². The fraction of sp³-hybridized carbons (Fsp3) is 0.667. The predicted molar refractivity (Wildman–Crippen MR) is 60.6 cm³/mol. The average Bonchev–Trinajstić information content (AvgIpc) is 2.33. The van der Waals surface area contributed by atoms with Crippen LogP contribution in [-0.2, 0) is 0 Å². The van der Waals surface area contributed by atoms with Gasteiger partial charge in [0.25, 0.3) is 0 Å². The van der Waals surface area contributed by atoms with E-state index in [4.69, 9.17) is 0 Å². The SMILES string of the molecule is CC[CH2][Eu]([CH3])([CH3])([CH3])([CH3])[CH]1C=CC=C1. The van der Waals surface area contributed by atoms with Crippen molar-refractivity contribution in [3.8, 4) is 0 Å². The summed E-state index contributed by atoms with van der Waals surface area (Å²) in [5, 5.41) is 0. The molecule has 1 heteroatoms. The zero-order valence-electron chi connectivity index (χ0n) is 9.68. The fourth-order valence-electron chi connectivity index (χ4n) is 2.08. The molecule has 0 heterocycles. The fourth-order valence-corrected chi connectivity index (χ4v) is 13.4. The van der Waals surface area contributed by atoms with Gasteiger partial charge in [0.2, 0.25) is 0 Å². The van der Waals surface area contributed by atoms with Crippen LogP contribution in [0.25, 0.3) is 0 Å². The second-order valence-corrected chi connectivity index (χ2v) is 37.1. The van der Waals surface area contributed by atoms with Gasteiger partial charge in [0, 0.05) is 0 Å². The van der Waals surface area contributed by atoms with Crippen molar-refractivity contribution in [3.05, 3.63) is 24.3 Å². The van der Waals surface area contributed by atoms with Crippen molar-refractivity contribution in [2.24, 2.45) is 0 Å². The average molecular weight is 320 g/mol. The molecule has 0 fully saturated rings. The summed E-state index contributed by atoms with van der Waals surface area (Å²) in [4.78, 5) is 0. The second kappa shape index (κ2) is 3.03.